The van der Waals surface area contributed by atoms with E-state index < -0.39 is 0 Å². The minimum absolute atomic E-state index is 0.275. The molecule has 0 saturated heterocycles. The highest BCUT2D eigenvalue weighted by Gasteiger charge is 2.03. The van der Waals surface area contributed by atoms with Gasteiger partial charge in [0.2, 0.25) is 0 Å². The molecule has 0 spiro atoms. The van der Waals surface area contributed by atoms with Gasteiger partial charge >= 0.3 is 0 Å². The van der Waals surface area contributed by atoms with Gasteiger partial charge in [0, 0.05) is 12.2 Å². The van der Waals surface area contributed by atoms with E-state index >= 15 is 0 Å². The van der Waals surface area contributed by atoms with E-state index in [0.29, 0.717) is 24.7 Å². The number of ether oxygens (including phenoxy) is 1. The third-order valence-corrected chi connectivity index (χ3v) is 2.74. The van der Waals surface area contributed by atoms with Gasteiger partial charge in [0.25, 0.3) is 0 Å². The molecule has 0 aliphatic carbocycles. The second kappa shape index (κ2) is 8.68. The first-order chi connectivity index (χ1) is 9.15. The maximum Gasteiger partial charge on any atom is 0.124 e. The van der Waals surface area contributed by atoms with Crippen molar-refractivity contribution in [3.8, 4) is 11.8 Å². The molecule has 0 heterocycles. The maximum absolute atomic E-state index is 13.4. The summed E-state index contributed by atoms with van der Waals surface area (Å²) < 4.78 is 19.0. The van der Waals surface area contributed by atoms with Crippen molar-refractivity contribution in [1.29, 1.82) is 0 Å². The van der Waals surface area contributed by atoms with E-state index in [4.69, 9.17) is 10.5 Å². The molecule has 2 nitrogen and oxygen atoms in total. The minimum atomic E-state index is -0.288. The molecule has 0 amide bonds. The minimum Gasteiger partial charge on any atom is -0.376 e. The smallest absolute Gasteiger partial charge is 0.124 e. The molecule has 1 aromatic carbocycles. The molecule has 0 fully saturated rings. The van der Waals surface area contributed by atoms with Crippen molar-refractivity contribution in [1.82, 2.24) is 0 Å². The molecule has 3 heteroatoms. The molecule has 0 aliphatic rings. The summed E-state index contributed by atoms with van der Waals surface area (Å²) in [4.78, 5) is 0. The Kier molecular flexibility index (Phi) is 7.17. The molecule has 0 bridgehead atoms. The average molecular weight is 263 g/mol. The van der Waals surface area contributed by atoms with Crippen LogP contribution in [0.25, 0.3) is 0 Å². The first kappa shape index (κ1) is 15.7. The summed E-state index contributed by atoms with van der Waals surface area (Å²) >= 11 is 0. The average Bonchev–Trinajstić information content (AvgIpc) is 2.36. The lowest BCUT2D eigenvalue weighted by atomic mass is 10.1. The van der Waals surface area contributed by atoms with Crippen LogP contribution >= 0.6 is 0 Å². The molecular formula is C16H22FNO. The van der Waals surface area contributed by atoms with E-state index in [0.717, 1.165) is 18.4 Å². The zero-order chi connectivity index (χ0) is 14.1. The van der Waals surface area contributed by atoms with Gasteiger partial charge in [-0.1, -0.05) is 32.1 Å². The topological polar surface area (TPSA) is 35.2 Å². The van der Waals surface area contributed by atoms with Crippen molar-refractivity contribution < 1.29 is 9.13 Å². The number of halogens is 1. The van der Waals surface area contributed by atoms with E-state index in [2.05, 4.69) is 25.7 Å². The highest BCUT2D eigenvalue weighted by atomic mass is 19.1. The Morgan fingerprint density at radius 3 is 2.84 bits per heavy atom. The maximum atomic E-state index is 13.4. The molecule has 1 aromatic rings. The van der Waals surface area contributed by atoms with Gasteiger partial charge in [-0.05, 0) is 36.1 Å². The first-order valence-corrected chi connectivity index (χ1v) is 6.71. The zero-order valence-corrected chi connectivity index (χ0v) is 11.7. The SMILES string of the molecule is CCCC(C)COCc1cc(F)cc(C#CCN)c1. The van der Waals surface area contributed by atoms with Crippen molar-refractivity contribution >= 4 is 0 Å². The summed E-state index contributed by atoms with van der Waals surface area (Å²) in [6.07, 6.45) is 2.31. The predicted octanol–water partition coefficient (Wildman–Crippen LogP) is 3.09. The molecule has 0 aromatic heterocycles. The van der Waals surface area contributed by atoms with E-state index in [9.17, 15) is 4.39 Å². The third-order valence-electron chi connectivity index (χ3n) is 2.74. The molecule has 1 atom stereocenters. The summed E-state index contributed by atoms with van der Waals surface area (Å²) in [5, 5.41) is 0. The predicted molar refractivity (Wildman–Crippen MR) is 76.1 cm³/mol. The fourth-order valence-electron chi connectivity index (χ4n) is 1.91. The van der Waals surface area contributed by atoms with Crippen LogP contribution in [0.15, 0.2) is 18.2 Å². The van der Waals surface area contributed by atoms with Crippen molar-refractivity contribution in [2.45, 2.75) is 33.3 Å². The fourth-order valence-corrected chi connectivity index (χ4v) is 1.91. The van der Waals surface area contributed by atoms with Crippen LogP contribution < -0.4 is 5.73 Å². The number of nitrogens with two attached hydrogens (primary N) is 1. The van der Waals surface area contributed by atoms with Gasteiger partial charge in [0.15, 0.2) is 0 Å². The van der Waals surface area contributed by atoms with E-state index in [1.807, 2.05) is 6.07 Å². The second-order valence-corrected chi connectivity index (χ2v) is 4.76. The van der Waals surface area contributed by atoms with Crippen LogP contribution in [-0.4, -0.2) is 13.2 Å². The van der Waals surface area contributed by atoms with Gasteiger partial charge in [-0.25, -0.2) is 4.39 Å². The standard InChI is InChI=1S/C16H22FNO/c1-3-5-13(2)11-19-12-15-8-14(6-4-7-18)9-16(17)10-15/h8-10,13H,3,5,7,11-12,18H2,1-2H3. The van der Waals surface area contributed by atoms with Gasteiger partial charge in [-0.3, -0.25) is 0 Å². The number of rotatable bonds is 6. The Morgan fingerprint density at radius 2 is 2.16 bits per heavy atom. The normalized spacial score (nSPS) is 11.8. The number of benzene rings is 1. The van der Waals surface area contributed by atoms with Crippen LogP contribution in [0.1, 0.15) is 37.8 Å². The highest BCUT2D eigenvalue weighted by molar-refractivity contribution is 5.37. The Hall–Kier alpha value is -1.37. The van der Waals surface area contributed by atoms with E-state index in [-0.39, 0.29) is 12.4 Å². The molecule has 1 unspecified atom stereocenters. The van der Waals surface area contributed by atoms with E-state index in [1.165, 1.54) is 12.1 Å². The largest absolute Gasteiger partial charge is 0.376 e. The molecule has 0 aliphatic heterocycles. The summed E-state index contributed by atoms with van der Waals surface area (Å²) in [5.41, 5.74) is 6.76. The lowest BCUT2D eigenvalue weighted by molar-refractivity contribution is 0.0892. The van der Waals surface area contributed by atoms with Crippen LogP contribution in [0, 0.1) is 23.6 Å². The molecule has 19 heavy (non-hydrogen) atoms. The Balaban J connectivity index is 2.56. The summed E-state index contributed by atoms with van der Waals surface area (Å²) in [6.45, 7) is 5.72. The van der Waals surface area contributed by atoms with E-state index in [1.54, 1.807) is 0 Å². The Bertz CT molecular complexity index is 448. The van der Waals surface area contributed by atoms with Crippen LogP contribution in [0.4, 0.5) is 4.39 Å². The Labute approximate surface area is 115 Å². The quantitative estimate of drug-likeness (QED) is 0.800. The van der Waals surface area contributed by atoms with Crippen molar-refractivity contribution in [3.63, 3.8) is 0 Å². The second-order valence-electron chi connectivity index (χ2n) is 4.76. The van der Waals surface area contributed by atoms with Crippen molar-refractivity contribution in [2.24, 2.45) is 11.7 Å². The van der Waals surface area contributed by atoms with Gasteiger partial charge < -0.3 is 10.5 Å². The highest BCUT2D eigenvalue weighted by Crippen LogP contribution is 2.11. The van der Waals surface area contributed by atoms with Gasteiger partial charge in [-0.15, -0.1) is 0 Å². The van der Waals surface area contributed by atoms with Crippen LogP contribution in [0.5, 0.6) is 0 Å². The van der Waals surface area contributed by atoms with Gasteiger partial charge in [-0.2, -0.15) is 0 Å². The van der Waals surface area contributed by atoms with Crippen molar-refractivity contribution in [2.75, 3.05) is 13.2 Å². The molecular weight excluding hydrogens is 241 g/mol. The number of hydrogen-bond donors (Lipinski definition) is 1. The fraction of sp³-hybridized carbons (Fsp3) is 0.500. The van der Waals surface area contributed by atoms with Crippen molar-refractivity contribution in [3.05, 3.63) is 35.1 Å². The monoisotopic (exact) mass is 263 g/mol. The molecule has 0 radical (unpaired) electrons. The lowest BCUT2D eigenvalue weighted by Crippen LogP contribution is -2.05. The third kappa shape index (κ3) is 6.37. The molecule has 2 N–H and O–H groups in total. The Morgan fingerprint density at radius 1 is 1.37 bits per heavy atom. The van der Waals surface area contributed by atoms with Crippen LogP contribution in [0.2, 0.25) is 0 Å². The number of hydrogen-bond acceptors (Lipinski definition) is 2. The molecule has 0 saturated carbocycles. The first-order valence-electron chi connectivity index (χ1n) is 6.71. The lowest BCUT2D eigenvalue weighted by Gasteiger charge is -2.11. The van der Waals surface area contributed by atoms with Crippen LogP contribution in [-0.2, 0) is 11.3 Å². The summed E-state index contributed by atoms with van der Waals surface area (Å²) in [7, 11) is 0. The molecule has 1 rings (SSSR count). The zero-order valence-electron chi connectivity index (χ0n) is 11.7. The summed E-state index contributed by atoms with van der Waals surface area (Å²) in [5.74, 6) is 5.80. The van der Waals surface area contributed by atoms with Crippen LogP contribution in [0.3, 0.4) is 0 Å². The van der Waals surface area contributed by atoms with Gasteiger partial charge in [0.1, 0.15) is 5.82 Å². The summed E-state index contributed by atoms with van der Waals surface area (Å²) in [6, 6.07) is 4.74. The van der Waals surface area contributed by atoms with Gasteiger partial charge in [0.05, 0.1) is 13.2 Å². The molecule has 104 valence electrons.